The van der Waals surface area contributed by atoms with Crippen molar-refractivity contribution in [3.8, 4) is 6.07 Å². The summed E-state index contributed by atoms with van der Waals surface area (Å²) in [6.45, 7) is 0. The van der Waals surface area contributed by atoms with Crippen LogP contribution < -0.4 is 0 Å². The van der Waals surface area contributed by atoms with Crippen molar-refractivity contribution in [2.24, 2.45) is 0 Å². The molecule has 5 heteroatoms. The maximum atomic E-state index is 10.6. The van der Waals surface area contributed by atoms with Crippen LogP contribution in [0.3, 0.4) is 0 Å². The maximum Gasteiger partial charge on any atom is 0.346 e. The van der Waals surface area contributed by atoms with Gasteiger partial charge < -0.3 is 5.11 Å². The molecule has 3 nitrogen and oxygen atoms in total. The number of carboxylic acid groups (broad SMARTS) is 1. The third-order valence-electron chi connectivity index (χ3n) is 1.61. The minimum atomic E-state index is -1.29. The van der Waals surface area contributed by atoms with Gasteiger partial charge in [-0.3, -0.25) is 0 Å². The quantitative estimate of drug-likeness (QED) is 0.640. The van der Waals surface area contributed by atoms with Gasteiger partial charge in [0.1, 0.15) is 11.6 Å². The molecule has 0 unspecified atom stereocenters. The normalized spacial score (nSPS) is 10.9. The summed E-state index contributed by atoms with van der Waals surface area (Å²) in [6.07, 6.45) is 1.20. The highest BCUT2D eigenvalue weighted by atomic mass is 35.5. The molecule has 1 N–H and O–H groups in total. The Bertz CT molecular complexity index is 475. The van der Waals surface area contributed by atoms with Crippen molar-refractivity contribution < 1.29 is 9.90 Å². The van der Waals surface area contributed by atoms with Gasteiger partial charge in [-0.1, -0.05) is 29.3 Å². The molecule has 0 aliphatic rings. The van der Waals surface area contributed by atoms with Crippen LogP contribution in [0.25, 0.3) is 6.08 Å². The summed E-state index contributed by atoms with van der Waals surface area (Å²) in [5.41, 5.74) is 0.0687. The molecule has 0 saturated heterocycles. The van der Waals surface area contributed by atoms with E-state index >= 15 is 0 Å². The van der Waals surface area contributed by atoms with Crippen molar-refractivity contribution in [3.63, 3.8) is 0 Å². The fraction of sp³-hybridized carbons (Fsp3) is 0. The van der Waals surface area contributed by atoms with E-state index in [-0.39, 0.29) is 5.57 Å². The molecule has 0 saturated carbocycles. The lowest BCUT2D eigenvalue weighted by Gasteiger charge is -1.98. The second kappa shape index (κ2) is 4.83. The molecule has 0 aliphatic heterocycles. The second-order valence-electron chi connectivity index (χ2n) is 2.64. The molecule has 1 aromatic rings. The van der Waals surface area contributed by atoms with Crippen LogP contribution in [-0.2, 0) is 4.79 Å². The van der Waals surface area contributed by atoms with Crippen LogP contribution in [0.2, 0.25) is 10.0 Å². The lowest BCUT2D eigenvalue weighted by atomic mass is 10.1. The Labute approximate surface area is 96.2 Å². The van der Waals surface area contributed by atoms with Gasteiger partial charge in [-0.15, -0.1) is 0 Å². The molecule has 0 radical (unpaired) electrons. The Kier molecular flexibility index (Phi) is 3.73. The van der Waals surface area contributed by atoms with Crippen molar-refractivity contribution in [2.45, 2.75) is 0 Å². The van der Waals surface area contributed by atoms with Crippen molar-refractivity contribution in [3.05, 3.63) is 39.4 Å². The summed E-state index contributed by atoms with van der Waals surface area (Å²) in [5.74, 6) is -1.29. The van der Waals surface area contributed by atoms with Gasteiger partial charge in [0.2, 0.25) is 0 Å². The number of halogens is 2. The molecule has 15 heavy (non-hydrogen) atoms. The van der Waals surface area contributed by atoms with Crippen LogP contribution in [0.4, 0.5) is 0 Å². The summed E-state index contributed by atoms with van der Waals surface area (Å²) >= 11 is 11.5. The number of aliphatic carboxylic acids is 1. The molecule has 0 amide bonds. The highest BCUT2D eigenvalue weighted by Crippen LogP contribution is 2.22. The Morgan fingerprint density at radius 2 is 2.13 bits per heavy atom. The topological polar surface area (TPSA) is 61.1 Å². The maximum absolute atomic E-state index is 10.6. The van der Waals surface area contributed by atoms with Crippen molar-refractivity contribution in [1.29, 1.82) is 5.26 Å². The number of benzene rings is 1. The zero-order valence-corrected chi connectivity index (χ0v) is 8.88. The molecule has 0 heterocycles. The van der Waals surface area contributed by atoms with E-state index in [1.807, 2.05) is 0 Å². The zero-order chi connectivity index (χ0) is 11.4. The van der Waals surface area contributed by atoms with Crippen LogP contribution in [0.5, 0.6) is 0 Å². The van der Waals surface area contributed by atoms with E-state index in [9.17, 15) is 4.79 Å². The fourth-order valence-corrected chi connectivity index (χ4v) is 1.38. The van der Waals surface area contributed by atoms with Crippen molar-refractivity contribution in [1.82, 2.24) is 0 Å². The van der Waals surface area contributed by atoms with Gasteiger partial charge in [0.25, 0.3) is 0 Å². The minimum Gasteiger partial charge on any atom is -0.477 e. The van der Waals surface area contributed by atoms with E-state index in [4.69, 9.17) is 33.6 Å². The first-order valence-electron chi connectivity index (χ1n) is 3.84. The molecule has 0 bridgehead atoms. The molecular formula is C10H5Cl2NO2. The zero-order valence-electron chi connectivity index (χ0n) is 7.37. The van der Waals surface area contributed by atoms with Gasteiger partial charge in [-0.25, -0.2) is 4.79 Å². The van der Waals surface area contributed by atoms with Crippen LogP contribution in [0.15, 0.2) is 23.8 Å². The molecule has 0 atom stereocenters. The summed E-state index contributed by atoms with van der Waals surface area (Å²) < 4.78 is 0. The first kappa shape index (κ1) is 11.6. The van der Waals surface area contributed by atoms with E-state index in [1.54, 1.807) is 18.2 Å². The van der Waals surface area contributed by atoms with Gasteiger partial charge in [-0.2, -0.15) is 5.26 Å². The number of carbonyl (C=O) groups is 1. The van der Waals surface area contributed by atoms with Gasteiger partial charge in [0.05, 0.1) is 0 Å². The van der Waals surface area contributed by atoms with Crippen LogP contribution >= 0.6 is 23.2 Å². The van der Waals surface area contributed by atoms with Crippen LogP contribution in [-0.4, -0.2) is 11.1 Å². The summed E-state index contributed by atoms with van der Waals surface area (Å²) in [5, 5.41) is 17.9. The smallest absolute Gasteiger partial charge is 0.346 e. The summed E-state index contributed by atoms with van der Waals surface area (Å²) in [4.78, 5) is 10.6. The number of hydrogen-bond donors (Lipinski definition) is 1. The molecule has 1 aromatic carbocycles. The third kappa shape index (κ3) is 2.98. The van der Waals surface area contributed by atoms with E-state index in [2.05, 4.69) is 0 Å². The number of nitrogens with zero attached hydrogens (tertiary/aromatic N) is 1. The molecule has 0 aromatic heterocycles. The van der Waals surface area contributed by atoms with Crippen LogP contribution in [0.1, 0.15) is 5.56 Å². The van der Waals surface area contributed by atoms with Gasteiger partial charge in [0, 0.05) is 10.0 Å². The molecule has 0 aliphatic carbocycles. The van der Waals surface area contributed by atoms with E-state index in [0.29, 0.717) is 15.6 Å². The standard InChI is InChI=1S/C10H5Cl2NO2/c11-8-2-1-6(9(12)4-8)3-7(5-13)10(14)15/h1-4H,(H,14,15)/b7-3+. The Morgan fingerprint density at radius 3 is 2.60 bits per heavy atom. The number of nitriles is 1. The first-order chi connectivity index (χ1) is 7.04. The summed E-state index contributed by atoms with van der Waals surface area (Å²) in [7, 11) is 0. The second-order valence-corrected chi connectivity index (χ2v) is 3.48. The highest BCUT2D eigenvalue weighted by molar-refractivity contribution is 6.35. The number of carboxylic acids is 1. The lowest BCUT2D eigenvalue weighted by Crippen LogP contribution is -1.97. The molecular weight excluding hydrogens is 237 g/mol. The Hall–Kier alpha value is -1.50. The monoisotopic (exact) mass is 241 g/mol. The van der Waals surface area contributed by atoms with E-state index in [1.165, 1.54) is 12.1 Å². The highest BCUT2D eigenvalue weighted by Gasteiger charge is 2.07. The molecule has 1 rings (SSSR count). The number of rotatable bonds is 2. The summed E-state index contributed by atoms with van der Waals surface area (Å²) in [6, 6.07) is 6.15. The predicted octanol–water partition coefficient (Wildman–Crippen LogP) is 2.98. The van der Waals surface area contributed by atoms with Gasteiger partial charge in [-0.05, 0) is 23.8 Å². The lowest BCUT2D eigenvalue weighted by molar-refractivity contribution is -0.132. The number of hydrogen-bond acceptors (Lipinski definition) is 2. The Morgan fingerprint density at radius 1 is 1.47 bits per heavy atom. The largest absolute Gasteiger partial charge is 0.477 e. The average molecular weight is 242 g/mol. The third-order valence-corrected chi connectivity index (χ3v) is 2.18. The predicted molar refractivity (Wildman–Crippen MR) is 57.7 cm³/mol. The Balaban J connectivity index is 3.19. The molecule has 76 valence electrons. The molecule has 0 fully saturated rings. The van der Waals surface area contributed by atoms with Crippen LogP contribution in [0, 0.1) is 11.3 Å². The van der Waals surface area contributed by atoms with E-state index in [0.717, 1.165) is 0 Å². The average Bonchev–Trinajstić information content (AvgIpc) is 2.16. The van der Waals surface area contributed by atoms with Crippen molar-refractivity contribution >= 4 is 35.2 Å². The van der Waals surface area contributed by atoms with Gasteiger partial charge in [0.15, 0.2) is 0 Å². The molecule has 0 spiro atoms. The first-order valence-corrected chi connectivity index (χ1v) is 4.60. The fourth-order valence-electron chi connectivity index (χ4n) is 0.916. The SMILES string of the molecule is N#C/C(=C\c1ccc(Cl)cc1Cl)C(=O)O. The van der Waals surface area contributed by atoms with E-state index < -0.39 is 5.97 Å². The van der Waals surface area contributed by atoms with Gasteiger partial charge >= 0.3 is 5.97 Å². The van der Waals surface area contributed by atoms with Crippen molar-refractivity contribution in [2.75, 3.05) is 0 Å². The minimum absolute atomic E-state index is 0.302.